The van der Waals surface area contributed by atoms with Gasteiger partial charge in [-0.25, -0.2) is 4.39 Å². The minimum absolute atomic E-state index is 0.0113. The molecule has 1 aromatic rings. The van der Waals surface area contributed by atoms with E-state index in [-0.39, 0.29) is 6.20 Å². The first-order valence-electron chi connectivity index (χ1n) is 4.19. The number of pyridine rings is 1. The molecule has 0 saturated heterocycles. The predicted octanol–water partition coefficient (Wildman–Crippen LogP) is 2.76. The molecule has 1 heterocycles. The second-order valence-corrected chi connectivity index (χ2v) is 3.02. The lowest BCUT2D eigenvalue weighted by Gasteiger charge is -2.16. The van der Waals surface area contributed by atoms with E-state index in [1.807, 2.05) is 0 Å². The highest BCUT2D eigenvalue weighted by Crippen LogP contribution is 2.39. The van der Waals surface area contributed by atoms with E-state index < -0.39 is 41.6 Å². The summed E-state index contributed by atoms with van der Waals surface area (Å²) >= 11 is 0. The lowest BCUT2D eigenvalue weighted by molar-refractivity contribution is -0.276. The number of nitrogens with one attached hydrogen (secondary N) is 1. The molecule has 3 nitrogen and oxygen atoms in total. The Kier molecular flexibility index (Phi) is 3.58. The van der Waals surface area contributed by atoms with Gasteiger partial charge in [-0.1, -0.05) is 0 Å². The van der Waals surface area contributed by atoms with Crippen LogP contribution in [-0.2, 0) is 12.9 Å². The van der Waals surface area contributed by atoms with Gasteiger partial charge in [-0.2, -0.15) is 13.2 Å². The highest BCUT2D eigenvalue weighted by molar-refractivity contribution is 5.40. The smallest absolute Gasteiger partial charge is 0.404 e. The van der Waals surface area contributed by atoms with Crippen LogP contribution in [0.15, 0.2) is 11.0 Å². The van der Waals surface area contributed by atoms with Crippen LogP contribution in [0.1, 0.15) is 11.1 Å². The SMILES string of the molecule is O=c1[nH]cc(C(F)(F)F)c(OC(F)(F)F)c1CF. The standard InChI is InChI=1S/C8H4F7NO2/c9-1-3-5(18-8(13,14)15)4(7(10,11)12)2-16-6(3)17/h2H,1H2,(H,16,17). The first kappa shape index (κ1) is 14.3. The molecule has 102 valence electrons. The van der Waals surface area contributed by atoms with Gasteiger partial charge in [0.05, 0.1) is 5.56 Å². The summed E-state index contributed by atoms with van der Waals surface area (Å²) in [5.74, 6) is -1.87. The Morgan fingerprint density at radius 3 is 2.11 bits per heavy atom. The number of aromatic nitrogens is 1. The van der Waals surface area contributed by atoms with Crippen LogP contribution in [0, 0.1) is 0 Å². The molecule has 0 aliphatic heterocycles. The van der Waals surface area contributed by atoms with Gasteiger partial charge in [0.15, 0.2) is 5.75 Å². The summed E-state index contributed by atoms with van der Waals surface area (Å²) in [6.07, 6.45) is -10.7. The minimum Gasteiger partial charge on any atom is -0.404 e. The Labute approximate surface area is 94.2 Å². The predicted molar refractivity (Wildman–Crippen MR) is 43.6 cm³/mol. The fraction of sp³-hybridized carbons (Fsp3) is 0.375. The minimum atomic E-state index is -5.47. The van der Waals surface area contributed by atoms with Crippen LogP contribution in [0.3, 0.4) is 0 Å². The highest BCUT2D eigenvalue weighted by atomic mass is 19.4. The molecule has 0 amide bonds. The molecule has 0 aliphatic carbocycles. The van der Waals surface area contributed by atoms with Crippen molar-refractivity contribution < 1.29 is 35.5 Å². The van der Waals surface area contributed by atoms with Crippen molar-refractivity contribution in [2.75, 3.05) is 0 Å². The number of rotatable bonds is 2. The molecule has 0 bridgehead atoms. The van der Waals surface area contributed by atoms with E-state index >= 15 is 0 Å². The van der Waals surface area contributed by atoms with Gasteiger partial charge >= 0.3 is 12.5 Å². The fourth-order valence-electron chi connectivity index (χ4n) is 1.12. The zero-order valence-corrected chi connectivity index (χ0v) is 8.25. The van der Waals surface area contributed by atoms with Crippen LogP contribution in [-0.4, -0.2) is 11.3 Å². The van der Waals surface area contributed by atoms with Crippen molar-refractivity contribution in [1.29, 1.82) is 0 Å². The van der Waals surface area contributed by atoms with Gasteiger partial charge in [-0.3, -0.25) is 4.79 Å². The molecule has 0 aliphatic rings. The van der Waals surface area contributed by atoms with Gasteiger partial charge in [-0.15, -0.1) is 13.2 Å². The first-order valence-corrected chi connectivity index (χ1v) is 4.19. The zero-order valence-electron chi connectivity index (χ0n) is 8.25. The van der Waals surface area contributed by atoms with Crippen LogP contribution in [0.25, 0.3) is 0 Å². The van der Waals surface area contributed by atoms with Crippen molar-refractivity contribution in [2.45, 2.75) is 19.2 Å². The monoisotopic (exact) mass is 279 g/mol. The summed E-state index contributed by atoms with van der Waals surface area (Å²) in [6, 6.07) is 0. The van der Waals surface area contributed by atoms with Crippen LogP contribution in [0.5, 0.6) is 5.75 Å². The average Bonchev–Trinajstić information content (AvgIpc) is 2.13. The lowest BCUT2D eigenvalue weighted by Crippen LogP contribution is -2.25. The van der Waals surface area contributed by atoms with E-state index in [0.717, 1.165) is 0 Å². The number of alkyl halides is 7. The second-order valence-electron chi connectivity index (χ2n) is 3.02. The molecule has 18 heavy (non-hydrogen) atoms. The second kappa shape index (κ2) is 4.50. The number of halogens is 7. The maximum Gasteiger partial charge on any atom is 0.573 e. The quantitative estimate of drug-likeness (QED) is 0.846. The van der Waals surface area contributed by atoms with Gasteiger partial charge in [0.25, 0.3) is 5.56 Å². The third kappa shape index (κ3) is 3.14. The molecular weight excluding hydrogens is 275 g/mol. The summed E-state index contributed by atoms with van der Waals surface area (Å²) in [4.78, 5) is 12.4. The number of ether oxygens (including phenoxy) is 1. The zero-order chi connectivity index (χ0) is 14.1. The van der Waals surface area contributed by atoms with E-state index in [1.165, 1.54) is 4.98 Å². The molecule has 0 unspecified atom stereocenters. The van der Waals surface area contributed by atoms with E-state index in [0.29, 0.717) is 0 Å². The lowest BCUT2D eigenvalue weighted by atomic mass is 10.1. The first-order chi connectivity index (χ1) is 8.06. The van der Waals surface area contributed by atoms with Crippen molar-refractivity contribution in [3.8, 4) is 5.75 Å². The van der Waals surface area contributed by atoms with Gasteiger partial charge in [0.2, 0.25) is 0 Å². The normalized spacial score (nSPS) is 12.6. The maximum absolute atomic E-state index is 12.4. The van der Waals surface area contributed by atoms with Crippen molar-refractivity contribution in [3.05, 3.63) is 27.7 Å². The Morgan fingerprint density at radius 2 is 1.72 bits per heavy atom. The highest BCUT2D eigenvalue weighted by Gasteiger charge is 2.41. The van der Waals surface area contributed by atoms with Gasteiger partial charge in [-0.05, 0) is 0 Å². The van der Waals surface area contributed by atoms with Gasteiger partial charge in [0, 0.05) is 6.20 Å². The molecule has 1 N–H and O–H groups in total. The third-order valence-corrected chi connectivity index (χ3v) is 1.80. The Hall–Kier alpha value is -1.74. The van der Waals surface area contributed by atoms with Crippen molar-refractivity contribution >= 4 is 0 Å². The summed E-state index contributed by atoms with van der Waals surface area (Å²) in [5, 5.41) is 0. The van der Waals surface area contributed by atoms with E-state index in [9.17, 15) is 35.5 Å². The maximum atomic E-state index is 12.4. The van der Waals surface area contributed by atoms with Crippen molar-refractivity contribution in [1.82, 2.24) is 4.98 Å². The van der Waals surface area contributed by atoms with Crippen LogP contribution < -0.4 is 10.3 Å². The molecule has 0 spiro atoms. The summed E-state index contributed by atoms with van der Waals surface area (Å²) in [6.45, 7) is -1.83. The molecule has 1 aromatic heterocycles. The van der Waals surface area contributed by atoms with Crippen molar-refractivity contribution in [3.63, 3.8) is 0 Å². The molecule has 1 rings (SSSR count). The molecular formula is C8H4F7NO2. The van der Waals surface area contributed by atoms with Crippen LogP contribution in [0.4, 0.5) is 30.7 Å². The molecule has 0 saturated carbocycles. The third-order valence-electron chi connectivity index (χ3n) is 1.80. The van der Waals surface area contributed by atoms with Gasteiger partial charge < -0.3 is 9.72 Å². The number of hydrogen-bond donors (Lipinski definition) is 1. The van der Waals surface area contributed by atoms with E-state index in [1.54, 1.807) is 0 Å². The Balaban J connectivity index is 3.50. The molecule has 10 heteroatoms. The molecule has 0 fully saturated rings. The largest absolute Gasteiger partial charge is 0.573 e. The van der Waals surface area contributed by atoms with Crippen LogP contribution in [0.2, 0.25) is 0 Å². The average molecular weight is 279 g/mol. The molecule has 0 atom stereocenters. The fourth-order valence-corrected chi connectivity index (χ4v) is 1.12. The topological polar surface area (TPSA) is 42.1 Å². The van der Waals surface area contributed by atoms with Crippen LogP contribution >= 0.6 is 0 Å². The van der Waals surface area contributed by atoms with Crippen molar-refractivity contribution in [2.24, 2.45) is 0 Å². The number of aromatic amines is 1. The molecule has 0 radical (unpaired) electrons. The number of hydrogen-bond acceptors (Lipinski definition) is 2. The Morgan fingerprint density at radius 1 is 1.17 bits per heavy atom. The Bertz CT molecular complexity index is 488. The summed E-state index contributed by atoms with van der Waals surface area (Å²) in [7, 11) is 0. The summed E-state index contributed by atoms with van der Waals surface area (Å²) < 4.78 is 88.4. The molecule has 0 aromatic carbocycles. The van der Waals surface area contributed by atoms with E-state index in [2.05, 4.69) is 4.74 Å². The van der Waals surface area contributed by atoms with Gasteiger partial charge in [0.1, 0.15) is 12.2 Å². The van der Waals surface area contributed by atoms with E-state index in [4.69, 9.17) is 0 Å². The number of H-pyrrole nitrogens is 1. The summed E-state index contributed by atoms with van der Waals surface area (Å²) in [5.41, 5.74) is -4.71.